The fourth-order valence-corrected chi connectivity index (χ4v) is 4.41. The van der Waals surface area contributed by atoms with Gasteiger partial charge in [-0.15, -0.1) is 0 Å². The molecule has 0 unspecified atom stereocenters. The molecule has 0 spiro atoms. The van der Waals surface area contributed by atoms with Gasteiger partial charge in [0.25, 0.3) is 0 Å². The summed E-state index contributed by atoms with van der Waals surface area (Å²) in [5.74, 6) is -0.393. The van der Waals surface area contributed by atoms with Crippen LogP contribution in [0, 0.1) is 0 Å². The maximum Gasteiger partial charge on any atom is 0.199 e. The first-order chi connectivity index (χ1) is 10.4. The Kier molecular flexibility index (Phi) is 6.64. The van der Waals surface area contributed by atoms with Crippen LogP contribution in [0.1, 0.15) is 27.0 Å². The van der Waals surface area contributed by atoms with Crippen LogP contribution in [0.5, 0.6) is 0 Å². The summed E-state index contributed by atoms with van der Waals surface area (Å²) in [7, 11) is 0. The molecule has 116 valence electrons. The SMILES string of the molecule is O=C(c1c(Cl)ccc(CBr)c1Cl)c1c(Cl)ccc(CBr)c1Cl. The first-order valence-corrected chi connectivity index (χ1v) is 9.78. The fraction of sp³-hybridized carbons (Fsp3) is 0.133. The number of carbonyl (C=O) groups excluding carboxylic acids is 1. The first kappa shape index (κ1) is 18.6. The van der Waals surface area contributed by atoms with Gasteiger partial charge in [0.15, 0.2) is 5.78 Å². The highest BCUT2D eigenvalue weighted by Gasteiger charge is 2.24. The third kappa shape index (κ3) is 3.50. The summed E-state index contributed by atoms with van der Waals surface area (Å²) in [6, 6.07) is 6.78. The van der Waals surface area contributed by atoms with Gasteiger partial charge in [-0.05, 0) is 23.3 Å². The van der Waals surface area contributed by atoms with E-state index >= 15 is 0 Å². The molecular weight excluding hydrogens is 498 g/mol. The lowest BCUT2D eigenvalue weighted by Gasteiger charge is -2.13. The van der Waals surface area contributed by atoms with E-state index in [4.69, 9.17) is 46.4 Å². The normalized spacial score (nSPS) is 10.8. The van der Waals surface area contributed by atoms with Crippen molar-refractivity contribution in [2.45, 2.75) is 10.7 Å². The molecule has 0 N–H and O–H groups in total. The number of rotatable bonds is 4. The van der Waals surface area contributed by atoms with Gasteiger partial charge < -0.3 is 0 Å². The zero-order chi connectivity index (χ0) is 16.4. The van der Waals surface area contributed by atoms with Crippen molar-refractivity contribution in [2.24, 2.45) is 0 Å². The van der Waals surface area contributed by atoms with E-state index in [1.165, 1.54) is 0 Å². The fourth-order valence-electron chi connectivity index (χ4n) is 1.94. The predicted molar refractivity (Wildman–Crippen MR) is 102 cm³/mol. The highest BCUT2D eigenvalue weighted by molar-refractivity contribution is 9.08. The van der Waals surface area contributed by atoms with Crippen molar-refractivity contribution < 1.29 is 4.79 Å². The second-order valence-electron chi connectivity index (χ2n) is 4.39. The highest BCUT2D eigenvalue weighted by Crippen LogP contribution is 2.36. The van der Waals surface area contributed by atoms with Gasteiger partial charge in [0.1, 0.15) is 0 Å². The van der Waals surface area contributed by atoms with Crippen LogP contribution in [-0.2, 0) is 10.7 Å². The molecule has 2 aromatic carbocycles. The van der Waals surface area contributed by atoms with Gasteiger partial charge in [-0.2, -0.15) is 0 Å². The van der Waals surface area contributed by atoms with Gasteiger partial charge in [-0.3, -0.25) is 4.79 Å². The quantitative estimate of drug-likeness (QED) is 0.314. The van der Waals surface area contributed by atoms with Crippen LogP contribution < -0.4 is 0 Å². The number of ketones is 1. The number of benzene rings is 2. The molecular formula is C15H8Br2Cl4O. The molecule has 0 amide bonds. The van der Waals surface area contributed by atoms with E-state index in [-0.39, 0.29) is 21.2 Å². The van der Waals surface area contributed by atoms with Gasteiger partial charge >= 0.3 is 0 Å². The zero-order valence-electron chi connectivity index (χ0n) is 10.9. The largest absolute Gasteiger partial charge is 0.288 e. The molecule has 0 atom stereocenters. The maximum atomic E-state index is 12.9. The molecule has 7 heteroatoms. The van der Waals surface area contributed by atoms with Crippen LogP contribution >= 0.6 is 78.3 Å². The molecule has 0 aromatic heterocycles. The monoisotopic (exact) mass is 502 g/mol. The molecule has 0 saturated heterocycles. The lowest BCUT2D eigenvalue weighted by Crippen LogP contribution is -2.07. The molecule has 0 bridgehead atoms. The third-order valence-electron chi connectivity index (χ3n) is 3.08. The van der Waals surface area contributed by atoms with E-state index in [1.54, 1.807) is 24.3 Å². The second-order valence-corrected chi connectivity index (χ2v) is 7.08. The lowest BCUT2D eigenvalue weighted by molar-refractivity contribution is 0.103. The summed E-state index contributed by atoms with van der Waals surface area (Å²) in [5.41, 5.74) is 1.93. The minimum atomic E-state index is -0.393. The Morgan fingerprint density at radius 3 is 1.45 bits per heavy atom. The van der Waals surface area contributed by atoms with E-state index < -0.39 is 5.78 Å². The van der Waals surface area contributed by atoms with E-state index in [0.717, 1.165) is 11.1 Å². The van der Waals surface area contributed by atoms with Crippen molar-refractivity contribution in [3.05, 3.63) is 66.6 Å². The Morgan fingerprint density at radius 2 is 1.14 bits per heavy atom. The topological polar surface area (TPSA) is 17.1 Å². The van der Waals surface area contributed by atoms with Gasteiger partial charge in [0.05, 0.1) is 31.2 Å². The van der Waals surface area contributed by atoms with Gasteiger partial charge in [-0.25, -0.2) is 0 Å². The molecule has 2 rings (SSSR count). The van der Waals surface area contributed by atoms with Crippen LogP contribution in [0.2, 0.25) is 20.1 Å². The van der Waals surface area contributed by atoms with Gasteiger partial charge in [-0.1, -0.05) is 90.4 Å². The minimum absolute atomic E-state index is 0.204. The van der Waals surface area contributed by atoms with Crippen molar-refractivity contribution in [2.75, 3.05) is 0 Å². The van der Waals surface area contributed by atoms with Crippen LogP contribution in [-0.4, -0.2) is 5.78 Å². The highest BCUT2D eigenvalue weighted by atomic mass is 79.9. The number of hydrogen-bond acceptors (Lipinski definition) is 1. The minimum Gasteiger partial charge on any atom is -0.288 e. The van der Waals surface area contributed by atoms with Crippen molar-refractivity contribution in [3.8, 4) is 0 Å². The van der Waals surface area contributed by atoms with Crippen molar-refractivity contribution >= 4 is 84.0 Å². The third-order valence-corrected chi connectivity index (χ3v) is 5.79. The summed E-state index contributed by atoms with van der Waals surface area (Å²) in [4.78, 5) is 12.9. The molecule has 1 nitrogen and oxygen atoms in total. The van der Waals surface area contributed by atoms with Crippen molar-refractivity contribution in [1.82, 2.24) is 0 Å². The summed E-state index contributed by atoms with van der Waals surface area (Å²) in [5, 5.41) is 2.13. The summed E-state index contributed by atoms with van der Waals surface area (Å²) in [6.07, 6.45) is 0. The van der Waals surface area contributed by atoms with E-state index in [9.17, 15) is 4.79 Å². The number of alkyl halides is 2. The summed E-state index contributed by atoms with van der Waals surface area (Å²) in [6.45, 7) is 0. The Morgan fingerprint density at radius 1 is 0.773 bits per heavy atom. The van der Waals surface area contributed by atoms with Gasteiger partial charge in [0, 0.05) is 10.7 Å². The average molecular weight is 506 g/mol. The first-order valence-electron chi connectivity index (χ1n) is 6.02. The molecule has 22 heavy (non-hydrogen) atoms. The standard InChI is InChI=1S/C15H8Br2Cl4O/c16-5-7-1-3-9(18)11(13(7)20)15(22)12-10(19)4-2-8(6-17)14(12)21/h1-4H,5-6H2. The van der Waals surface area contributed by atoms with E-state index in [0.29, 0.717) is 20.7 Å². The Hall–Kier alpha value is 0.230. The van der Waals surface area contributed by atoms with Crippen LogP contribution in [0.25, 0.3) is 0 Å². The molecule has 0 aliphatic heterocycles. The van der Waals surface area contributed by atoms with Crippen LogP contribution in [0.3, 0.4) is 0 Å². The molecule has 0 aliphatic carbocycles. The van der Waals surface area contributed by atoms with E-state index in [2.05, 4.69) is 31.9 Å². The molecule has 0 heterocycles. The van der Waals surface area contributed by atoms with Crippen molar-refractivity contribution in [1.29, 1.82) is 0 Å². The molecule has 2 aromatic rings. The molecule has 0 fully saturated rings. The van der Waals surface area contributed by atoms with Gasteiger partial charge in [0.2, 0.25) is 0 Å². The Balaban J connectivity index is 2.69. The number of halogens is 6. The van der Waals surface area contributed by atoms with Crippen molar-refractivity contribution in [3.63, 3.8) is 0 Å². The smallest absolute Gasteiger partial charge is 0.199 e. The predicted octanol–water partition coefficient (Wildman–Crippen LogP) is 7.32. The molecule has 0 radical (unpaired) electrons. The summed E-state index contributed by atoms with van der Waals surface area (Å²) < 4.78 is 0. The lowest BCUT2D eigenvalue weighted by atomic mass is 9.99. The Labute approximate surface area is 165 Å². The number of carbonyl (C=O) groups is 1. The second kappa shape index (κ2) is 7.87. The maximum absolute atomic E-state index is 12.9. The Bertz CT molecular complexity index is 685. The average Bonchev–Trinajstić information content (AvgIpc) is 2.48. The zero-order valence-corrected chi connectivity index (χ0v) is 17.1. The van der Waals surface area contributed by atoms with Crippen LogP contribution in [0.15, 0.2) is 24.3 Å². The molecule has 0 aliphatic rings. The molecule has 0 saturated carbocycles. The van der Waals surface area contributed by atoms with Crippen LogP contribution in [0.4, 0.5) is 0 Å². The number of hydrogen-bond donors (Lipinski definition) is 0. The van der Waals surface area contributed by atoms with E-state index in [1.807, 2.05) is 0 Å². The summed E-state index contributed by atoms with van der Waals surface area (Å²) >= 11 is 31.6.